The molecule has 1 aliphatic rings. The number of nitrogens with zero attached hydrogens (tertiary/aromatic N) is 5. The van der Waals surface area contributed by atoms with E-state index in [1.165, 1.54) is 17.3 Å². The standard InChI is InChI=1S/C16H21N5OS/c1-2-20(11-10-13-6-4-3-5-7-13)15(22)12-23-16-17-18-19-21(16)14-8-9-14/h3-7,14H,2,8-12H2,1H3. The highest BCUT2D eigenvalue weighted by molar-refractivity contribution is 7.99. The van der Waals surface area contributed by atoms with Crippen LogP contribution in [0.1, 0.15) is 31.4 Å². The molecule has 0 aliphatic heterocycles. The molecule has 6 nitrogen and oxygen atoms in total. The molecule has 1 amide bonds. The predicted octanol–water partition coefficient (Wildman–Crippen LogP) is 2.19. The Labute approximate surface area is 140 Å². The zero-order chi connectivity index (χ0) is 16.1. The Bertz CT molecular complexity index is 641. The number of hydrogen-bond acceptors (Lipinski definition) is 5. The van der Waals surface area contributed by atoms with Crippen LogP contribution in [0.15, 0.2) is 35.5 Å². The van der Waals surface area contributed by atoms with E-state index in [1.807, 2.05) is 34.7 Å². The van der Waals surface area contributed by atoms with E-state index in [1.54, 1.807) is 0 Å². The molecule has 0 radical (unpaired) electrons. The van der Waals surface area contributed by atoms with E-state index in [4.69, 9.17) is 0 Å². The summed E-state index contributed by atoms with van der Waals surface area (Å²) in [6.45, 7) is 3.48. The zero-order valence-electron chi connectivity index (χ0n) is 13.3. The van der Waals surface area contributed by atoms with Gasteiger partial charge in [0.05, 0.1) is 11.8 Å². The molecule has 0 atom stereocenters. The lowest BCUT2D eigenvalue weighted by atomic mass is 10.1. The van der Waals surface area contributed by atoms with Crippen LogP contribution in [0.3, 0.4) is 0 Å². The molecule has 0 bridgehead atoms. The van der Waals surface area contributed by atoms with Crippen molar-refractivity contribution >= 4 is 17.7 Å². The smallest absolute Gasteiger partial charge is 0.233 e. The van der Waals surface area contributed by atoms with Crippen LogP contribution in [-0.4, -0.2) is 49.9 Å². The SMILES string of the molecule is CCN(CCc1ccccc1)C(=O)CSc1nnnn1C1CC1. The molecular formula is C16H21N5OS. The van der Waals surface area contributed by atoms with Crippen molar-refractivity contribution in [2.45, 2.75) is 37.4 Å². The summed E-state index contributed by atoms with van der Waals surface area (Å²) >= 11 is 1.43. The molecule has 0 unspecified atom stereocenters. The van der Waals surface area contributed by atoms with Gasteiger partial charge in [-0.3, -0.25) is 4.79 Å². The Morgan fingerprint density at radius 1 is 1.35 bits per heavy atom. The Morgan fingerprint density at radius 2 is 2.13 bits per heavy atom. The fourth-order valence-electron chi connectivity index (χ4n) is 2.41. The molecule has 1 aromatic heterocycles. The Balaban J connectivity index is 1.50. The fraction of sp³-hybridized carbons (Fsp3) is 0.500. The topological polar surface area (TPSA) is 63.9 Å². The summed E-state index contributed by atoms with van der Waals surface area (Å²) in [5, 5.41) is 12.5. The van der Waals surface area contributed by atoms with Crippen molar-refractivity contribution in [1.29, 1.82) is 0 Å². The number of benzene rings is 1. The minimum atomic E-state index is 0.138. The molecule has 1 saturated carbocycles. The van der Waals surface area contributed by atoms with E-state index >= 15 is 0 Å². The largest absolute Gasteiger partial charge is 0.342 e. The fourth-order valence-corrected chi connectivity index (χ4v) is 3.26. The van der Waals surface area contributed by atoms with Gasteiger partial charge in [-0.15, -0.1) is 5.10 Å². The van der Waals surface area contributed by atoms with E-state index in [2.05, 4.69) is 27.7 Å². The van der Waals surface area contributed by atoms with Crippen LogP contribution in [0.2, 0.25) is 0 Å². The number of tetrazole rings is 1. The normalized spacial score (nSPS) is 14.0. The molecule has 1 heterocycles. The van der Waals surface area contributed by atoms with Crippen LogP contribution in [0.5, 0.6) is 0 Å². The van der Waals surface area contributed by atoms with Crippen molar-refractivity contribution in [3.8, 4) is 0 Å². The van der Waals surface area contributed by atoms with E-state index in [0.29, 0.717) is 11.8 Å². The molecule has 0 N–H and O–H groups in total. The summed E-state index contributed by atoms with van der Waals surface area (Å²) in [5.74, 6) is 0.522. The average Bonchev–Trinajstić information content (AvgIpc) is 3.32. The van der Waals surface area contributed by atoms with Gasteiger partial charge >= 0.3 is 0 Å². The minimum Gasteiger partial charge on any atom is -0.342 e. The van der Waals surface area contributed by atoms with Crippen LogP contribution in [-0.2, 0) is 11.2 Å². The molecule has 1 fully saturated rings. The van der Waals surface area contributed by atoms with Crippen LogP contribution in [0, 0.1) is 0 Å². The highest BCUT2D eigenvalue weighted by Gasteiger charge is 2.28. The molecule has 122 valence electrons. The van der Waals surface area contributed by atoms with E-state index in [0.717, 1.165) is 37.5 Å². The zero-order valence-corrected chi connectivity index (χ0v) is 14.1. The van der Waals surface area contributed by atoms with Crippen molar-refractivity contribution in [3.63, 3.8) is 0 Å². The third kappa shape index (κ3) is 4.31. The number of carbonyl (C=O) groups is 1. The molecule has 23 heavy (non-hydrogen) atoms. The lowest BCUT2D eigenvalue weighted by Gasteiger charge is -2.20. The summed E-state index contributed by atoms with van der Waals surface area (Å²) in [7, 11) is 0. The molecular weight excluding hydrogens is 310 g/mol. The maximum Gasteiger partial charge on any atom is 0.233 e. The minimum absolute atomic E-state index is 0.138. The second-order valence-corrected chi connectivity index (χ2v) is 6.58. The Kier molecular flexibility index (Phi) is 5.27. The number of rotatable bonds is 8. The van der Waals surface area contributed by atoms with Gasteiger partial charge in [0.1, 0.15) is 0 Å². The highest BCUT2D eigenvalue weighted by atomic mass is 32.2. The number of aromatic nitrogens is 4. The second-order valence-electron chi connectivity index (χ2n) is 5.63. The number of likely N-dealkylation sites (N-methyl/N-ethyl adjacent to an activating group) is 1. The molecule has 1 aliphatic carbocycles. The first-order valence-electron chi connectivity index (χ1n) is 8.00. The second kappa shape index (κ2) is 7.59. The van der Waals surface area contributed by atoms with E-state index in [-0.39, 0.29) is 5.91 Å². The van der Waals surface area contributed by atoms with Gasteiger partial charge in [-0.1, -0.05) is 42.1 Å². The van der Waals surface area contributed by atoms with Crippen molar-refractivity contribution in [2.75, 3.05) is 18.8 Å². The molecule has 2 aromatic rings. The van der Waals surface area contributed by atoms with Crippen LogP contribution in [0.4, 0.5) is 0 Å². The lowest BCUT2D eigenvalue weighted by molar-refractivity contribution is -0.128. The van der Waals surface area contributed by atoms with Crippen molar-refractivity contribution in [2.24, 2.45) is 0 Å². The third-order valence-corrected chi connectivity index (χ3v) is 4.85. The molecule has 0 saturated heterocycles. The van der Waals surface area contributed by atoms with Gasteiger partial charge in [-0.25, -0.2) is 4.68 Å². The van der Waals surface area contributed by atoms with E-state index in [9.17, 15) is 4.79 Å². The van der Waals surface area contributed by atoms with Gasteiger partial charge in [-0.2, -0.15) is 0 Å². The maximum atomic E-state index is 12.4. The van der Waals surface area contributed by atoms with Gasteiger partial charge in [-0.05, 0) is 42.2 Å². The molecule has 7 heteroatoms. The van der Waals surface area contributed by atoms with Crippen molar-refractivity contribution in [1.82, 2.24) is 25.1 Å². The predicted molar refractivity (Wildman–Crippen MR) is 89.2 cm³/mol. The number of thioether (sulfide) groups is 1. The molecule has 1 aromatic carbocycles. The number of carbonyl (C=O) groups excluding carboxylic acids is 1. The van der Waals surface area contributed by atoms with Crippen LogP contribution in [0.25, 0.3) is 0 Å². The average molecular weight is 331 g/mol. The van der Waals surface area contributed by atoms with Crippen molar-refractivity contribution in [3.05, 3.63) is 35.9 Å². The molecule has 3 rings (SSSR count). The number of amides is 1. The van der Waals surface area contributed by atoms with Gasteiger partial charge in [0, 0.05) is 13.1 Å². The molecule has 0 spiro atoms. The van der Waals surface area contributed by atoms with Crippen molar-refractivity contribution < 1.29 is 4.79 Å². The van der Waals surface area contributed by atoms with Crippen LogP contribution >= 0.6 is 11.8 Å². The van der Waals surface area contributed by atoms with Crippen LogP contribution < -0.4 is 0 Å². The first-order chi connectivity index (χ1) is 11.3. The summed E-state index contributed by atoms with van der Waals surface area (Å²) in [4.78, 5) is 14.3. The van der Waals surface area contributed by atoms with E-state index < -0.39 is 0 Å². The Morgan fingerprint density at radius 3 is 2.83 bits per heavy atom. The summed E-state index contributed by atoms with van der Waals surface area (Å²) < 4.78 is 1.85. The lowest BCUT2D eigenvalue weighted by Crippen LogP contribution is -2.34. The maximum absolute atomic E-state index is 12.4. The first kappa shape index (κ1) is 16.0. The monoisotopic (exact) mass is 331 g/mol. The van der Waals surface area contributed by atoms with Gasteiger partial charge in [0.15, 0.2) is 0 Å². The van der Waals surface area contributed by atoms with Gasteiger partial charge in [0.2, 0.25) is 11.1 Å². The summed E-state index contributed by atoms with van der Waals surface area (Å²) in [6.07, 6.45) is 3.14. The van der Waals surface area contributed by atoms with Gasteiger partial charge < -0.3 is 4.90 Å². The first-order valence-corrected chi connectivity index (χ1v) is 8.99. The van der Waals surface area contributed by atoms with Gasteiger partial charge in [0.25, 0.3) is 0 Å². The summed E-state index contributed by atoms with van der Waals surface area (Å²) in [6, 6.07) is 10.7. The number of hydrogen-bond donors (Lipinski definition) is 0. The highest BCUT2D eigenvalue weighted by Crippen LogP contribution is 2.36. The summed E-state index contributed by atoms with van der Waals surface area (Å²) in [5.41, 5.74) is 1.25. The Hall–Kier alpha value is -1.89. The third-order valence-electron chi connectivity index (χ3n) is 3.93. The quantitative estimate of drug-likeness (QED) is 0.694.